The lowest BCUT2D eigenvalue weighted by molar-refractivity contribution is 0.279. The molecule has 0 saturated heterocycles. The summed E-state index contributed by atoms with van der Waals surface area (Å²) in [6.45, 7) is 10.1. The quantitative estimate of drug-likeness (QED) is 0.482. The first-order valence-corrected chi connectivity index (χ1v) is 9.08. The van der Waals surface area contributed by atoms with Crippen LogP contribution in [0.5, 0.6) is 11.5 Å². The molecule has 1 aromatic carbocycles. The Balaban J connectivity index is 2.82. The number of benzene rings is 1. The molecule has 4 heteroatoms. The Morgan fingerprint density at radius 3 is 1.41 bits per heavy atom. The van der Waals surface area contributed by atoms with Gasteiger partial charge < -0.3 is 9.47 Å². The van der Waals surface area contributed by atoms with Gasteiger partial charge in [0.05, 0.1) is 25.0 Å². The number of alkyl halides is 2. The molecule has 1 aromatic rings. The maximum atomic E-state index is 6.06. The van der Waals surface area contributed by atoms with E-state index in [0.29, 0.717) is 36.8 Å². The second-order valence-electron chi connectivity index (χ2n) is 6.40. The predicted octanol–water partition coefficient (Wildman–Crippen LogP) is 6.01. The van der Waals surface area contributed by atoms with E-state index in [0.717, 1.165) is 35.5 Å². The van der Waals surface area contributed by atoms with Crippen LogP contribution in [0.3, 0.4) is 0 Å². The average molecular weight is 347 g/mol. The van der Waals surface area contributed by atoms with Crippen LogP contribution in [-0.2, 0) is 11.8 Å². The van der Waals surface area contributed by atoms with Crippen LogP contribution in [0.25, 0.3) is 0 Å². The lowest BCUT2D eigenvalue weighted by atomic mass is 10.1. The number of halogens is 2. The highest BCUT2D eigenvalue weighted by Crippen LogP contribution is 2.32. The molecule has 0 unspecified atom stereocenters. The molecule has 0 radical (unpaired) electrons. The van der Waals surface area contributed by atoms with Gasteiger partial charge in [-0.15, -0.1) is 23.2 Å². The molecule has 0 spiro atoms. The smallest absolute Gasteiger partial charge is 0.124 e. The molecular weight excluding hydrogens is 319 g/mol. The molecule has 0 aliphatic carbocycles. The summed E-state index contributed by atoms with van der Waals surface area (Å²) in [4.78, 5) is 0. The van der Waals surface area contributed by atoms with Crippen LogP contribution in [0.4, 0.5) is 0 Å². The predicted molar refractivity (Wildman–Crippen MR) is 95.5 cm³/mol. The van der Waals surface area contributed by atoms with Crippen molar-refractivity contribution in [1.82, 2.24) is 0 Å². The largest absolute Gasteiger partial charge is 0.493 e. The van der Waals surface area contributed by atoms with Crippen molar-refractivity contribution in [3.05, 3.63) is 23.3 Å². The molecule has 0 amide bonds. The lowest BCUT2D eigenvalue weighted by Gasteiger charge is -2.17. The van der Waals surface area contributed by atoms with E-state index in [4.69, 9.17) is 32.7 Å². The van der Waals surface area contributed by atoms with E-state index in [1.54, 1.807) is 0 Å². The summed E-state index contributed by atoms with van der Waals surface area (Å²) in [6.07, 6.45) is 2.04. The van der Waals surface area contributed by atoms with Gasteiger partial charge in [-0.05, 0) is 36.8 Å². The van der Waals surface area contributed by atoms with Crippen LogP contribution in [-0.4, -0.2) is 13.2 Å². The Morgan fingerprint density at radius 1 is 0.773 bits per heavy atom. The SMILES string of the molecule is CC(C)CCOc1cc(CCl)c(OCCC(C)C)cc1CCl. The van der Waals surface area contributed by atoms with Crippen molar-refractivity contribution < 1.29 is 9.47 Å². The Morgan fingerprint density at radius 2 is 1.14 bits per heavy atom. The molecule has 0 saturated carbocycles. The van der Waals surface area contributed by atoms with Gasteiger partial charge in [0.15, 0.2) is 0 Å². The maximum absolute atomic E-state index is 6.06. The van der Waals surface area contributed by atoms with E-state index >= 15 is 0 Å². The molecule has 0 N–H and O–H groups in total. The number of rotatable bonds is 10. The summed E-state index contributed by atoms with van der Waals surface area (Å²) in [5.74, 6) is 3.68. The minimum absolute atomic E-state index is 0.403. The van der Waals surface area contributed by atoms with Crippen molar-refractivity contribution in [2.24, 2.45) is 11.8 Å². The van der Waals surface area contributed by atoms with Crippen molar-refractivity contribution >= 4 is 23.2 Å². The zero-order valence-corrected chi connectivity index (χ0v) is 15.6. The summed E-state index contributed by atoms with van der Waals surface area (Å²) in [5, 5.41) is 0. The molecule has 0 aromatic heterocycles. The Labute approximate surface area is 145 Å². The minimum Gasteiger partial charge on any atom is -0.493 e. The normalized spacial score (nSPS) is 11.3. The summed E-state index contributed by atoms with van der Waals surface area (Å²) in [7, 11) is 0. The van der Waals surface area contributed by atoms with Gasteiger partial charge >= 0.3 is 0 Å². The van der Waals surface area contributed by atoms with Gasteiger partial charge in [0.2, 0.25) is 0 Å². The van der Waals surface area contributed by atoms with Gasteiger partial charge in [-0.25, -0.2) is 0 Å². The van der Waals surface area contributed by atoms with Gasteiger partial charge in [0.25, 0.3) is 0 Å². The summed E-state index contributed by atoms with van der Waals surface area (Å²) in [6, 6.07) is 3.94. The van der Waals surface area contributed by atoms with Crippen molar-refractivity contribution in [3.63, 3.8) is 0 Å². The van der Waals surface area contributed by atoms with Crippen molar-refractivity contribution in [1.29, 1.82) is 0 Å². The lowest BCUT2D eigenvalue weighted by Crippen LogP contribution is -2.06. The highest BCUT2D eigenvalue weighted by atomic mass is 35.5. The standard InChI is InChI=1S/C18H28Cl2O2/c1-13(2)5-7-21-17-9-16(12-20)18(10-15(17)11-19)22-8-6-14(3)4/h9-10,13-14H,5-8,11-12H2,1-4H3. The molecule has 0 aliphatic rings. The average Bonchev–Trinajstić information content (AvgIpc) is 2.47. The molecule has 0 aliphatic heterocycles. The number of ether oxygens (including phenoxy) is 2. The van der Waals surface area contributed by atoms with E-state index in [2.05, 4.69) is 27.7 Å². The van der Waals surface area contributed by atoms with Gasteiger partial charge in [-0.1, -0.05) is 27.7 Å². The van der Waals surface area contributed by atoms with E-state index in [9.17, 15) is 0 Å². The molecule has 126 valence electrons. The van der Waals surface area contributed by atoms with Crippen molar-refractivity contribution in [2.45, 2.75) is 52.3 Å². The van der Waals surface area contributed by atoms with Gasteiger partial charge in [0.1, 0.15) is 11.5 Å². The fourth-order valence-electron chi connectivity index (χ4n) is 1.93. The molecule has 22 heavy (non-hydrogen) atoms. The van der Waals surface area contributed by atoms with Crippen LogP contribution in [0.2, 0.25) is 0 Å². The third kappa shape index (κ3) is 6.66. The van der Waals surface area contributed by atoms with E-state index in [-0.39, 0.29) is 0 Å². The second-order valence-corrected chi connectivity index (χ2v) is 6.93. The first-order chi connectivity index (χ1) is 10.5. The molecular formula is C18H28Cl2O2. The zero-order valence-electron chi connectivity index (χ0n) is 14.1. The molecule has 0 heterocycles. The monoisotopic (exact) mass is 346 g/mol. The Hall–Kier alpha value is -0.600. The van der Waals surface area contributed by atoms with Crippen LogP contribution in [0.15, 0.2) is 12.1 Å². The van der Waals surface area contributed by atoms with Crippen molar-refractivity contribution in [2.75, 3.05) is 13.2 Å². The third-order valence-corrected chi connectivity index (χ3v) is 4.01. The van der Waals surface area contributed by atoms with Gasteiger partial charge in [-0.2, -0.15) is 0 Å². The van der Waals surface area contributed by atoms with Gasteiger partial charge in [-0.3, -0.25) is 0 Å². The molecule has 0 atom stereocenters. The van der Waals surface area contributed by atoms with Crippen molar-refractivity contribution in [3.8, 4) is 11.5 Å². The van der Waals surface area contributed by atoms with Crippen LogP contribution < -0.4 is 9.47 Å². The molecule has 0 fully saturated rings. The Bertz CT molecular complexity index is 403. The molecule has 2 nitrogen and oxygen atoms in total. The number of hydrogen-bond acceptors (Lipinski definition) is 2. The van der Waals surface area contributed by atoms with E-state index in [1.807, 2.05) is 12.1 Å². The molecule has 0 bridgehead atoms. The second kappa shape index (κ2) is 10.2. The fourth-order valence-corrected chi connectivity index (χ4v) is 2.35. The number of hydrogen-bond donors (Lipinski definition) is 0. The first kappa shape index (κ1) is 19.4. The van der Waals surface area contributed by atoms with E-state index in [1.165, 1.54) is 0 Å². The highest BCUT2D eigenvalue weighted by molar-refractivity contribution is 6.18. The zero-order chi connectivity index (χ0) is 16.5. The van der Waals surface area contributed by atoms with Gasteiger partial charge in [0, 0.05) is 11.1 Å². The first-order valence-electron chi connectivity index (χ1n) is 8.01. The highest BCUT2D eigenvalue weighted by Gasteiger charge is 2.12. The summed E-state index contributed by atoms with van der Waals surface area (Å²) in [5.41, 5.74) is 1.91. The van der Waals surface area contributed by atoms with Crippen LogP contribution in [0.1, 0.15) is 51.7 Å². The minimum atomic E-state index is 0.403. The molecule has 1 rings (SSSR count). The summed E-state index contributed by atoms with van der Waals surface area (Å²) < 4.78 is 11.8. The van der Waals surface area contributed by atoms with Crippen LogP contribution >= 0.6 is 23.2 Å². The van der Waals surface area contributed by atoms with Crippen LogP contribution in [0, 0.1) is 11.8 Å². The topological polar surface area (TPSA) is 18.5 Å². The summed E-state index contributed by atoms with van der Waals surface area (Å²) >= 11 is 12.1. The fraction of sp³-hybridized carbons (Fsp3) is 0.667. The third-order valence-electron chi connectivity index (χ3n) is 3.44. The Kier molecular flexibility index (Phi) is 9.04. The maximum Gasteiger partial charge on any atom is 0.124 e. The van der Waals surface area contributed by atoms with E-state index < -0.39 is 0 Å².